The molecule has 1 amide bonds. The topological polar surface area (TPSA) is 94.6 Å². The molecule has 1 aliphatic heterocycles. The minimum atomic E-state index is -0.625. The van der Waals surface area contributed by atoms with E-state index in [4.69, 9.17) is 9.47 Å². The number of esters is 1. The maximum absolute atomic E-state index is 13.0. The van der Waals surface area contributed by atoms with Crippen molar-refractivity contribution in [3.63, 3.8) is 0 Å². The molecule has 4 aromatic rings. The zero-order valence-electron chi connectivity index (χ0n) is 17.7. The number of carbonyl (C=O) groups is 3. The summed E-state index contributed by atoms with van der Waals surface area (Å²) in [4.78, 5) is 41.9. The molecule has 0 saturated carbocycles. The van der Waals surface area contributed by atoms with Crippen LogP contribution in [0.15, 0.2) is 77.3 Å². The van der Waals surface area contributed by atoms with Crippen LogP contribution in [0, 0.1) is 0 Å². The van der Waals surface area contributed by atoms with Crippen LogP contribution in [0.2, 0.25) is 0 Å². The van der Waals surface area contributed by atoms with Crippen LogP contribution in [-0.2, 0) is 9.53 Å². The van der Waals surface area contributed by atoms with Crippen molar-refractivity contribution in [2.75, 3.05) is 18.5 Å². The van der Waals surface area contributed by atoms with Gasteiger partial charge in [0.05, 0.1) is 22.5 Å². The van der Waals surface area contributed by atoms with E-state index in [0.717, 1.165) is 10.0 Å². The van der Waals surface area contributed by atoms with Gasteiger partial charge in [-0.1, -0.05) is 46.3 Å². The Morgan fingerprint density at radius 1 is 1.03 bits per heavy atom. The number of hydrogen-bond donors (Lipinski definition) is 1. The van der Waals surface area contributed by atoms with Crippen molar-refractivity contribution in [1.29, 1.82) is 0 Å². The SMILES string of the molecule is O=C1COc2ccc(C(=O)COC(=O)c3cc(-c4ccc(Br)cc4)nc4ccccc34)cc2N1. The Bertz CT molecular complexity index is 1450. The van der Waals surface area contributed by atoms with E-state index in [1.807, 2.05) is 42.5 Å². The van der Waals surface area contributed by atoms with Crippen LogP contribution in [0.3, 0.4) is 0 Å². The largest absolute Gasteiger partial charge is 0.482 e. The van der Waals surface area contributed by atoms with E-state index in [9.17, 15) is 14.4 Å². The Kier molecular flexibility index (Phi) is 5.81. The van der Waals surface area contributed by atoms with Gasteiger partial charge in [0.15, 0.2) is 19.0 Å². The standard InChI is InChI=1S/C26H17BrN2O5/c27-17-8-5-15(6-9-17)21-12-19(18-3-1-2-4-20(18)28-21)26(32)34-13-23(30)16-7-10-24-22(11-16)29-25(31)14-33-24/h1-12H,13-14H2,(H,29,31). The fourth-order valence-corrected chi connectivity index (χ4v) is 3.93. The second-order valence-corrected chi connectivity index (χ2v) is 8.54. The maximum atomic E-state index is 13.0. The van der Waals surface area contributed by atoms with Crippen LogP contribution >= 0.6 is 15.9 Å². The minimum absolute atomic E-state index is 0.0694. The van der Waals surface area contributed by atoms with Gasteiger partial charge in [0, 0.05) is 21.0 Å². The summed E-state index contributed by atoms with van der Waals surface area (Å²) in [6, 6.07) is 21.2. The lowest BCUT2D eigenvalue weighted by Crippen LogP contribution is -2.25. The Morgan fingerprint density at radius 3 is 2.65 bits per heavy atom. The van der Waals surface area contributed by atoms with Gasteiger partial charge >= 0.3 is 5.97 Å². The summed E-state index contributed by atoms with van der Waals surface area (Å²) in [5.74, 6) is -0.839. The third-order valence-corrected chi connectivity index (χ3v) is 5.87. The molecule has 1 N–H and O–H groups in total. The molecule has 0 saturated heterocycles. The van der Waals surface area contributed by atoms with Gasteiger partial charge in [0.2, 0.25) is 0 Å². The maximum Gasteiger partial charge on any atom is 0.339 e. The number of amides is 1. The molecule has 7 nitrogen and oxygen atoms in total. The van der Waals surface area contributed by atoms with Gasteiger partial charge < -0.3 is 14.8 Å². The average Bonchev–Trinajstić information content (AvgIpc) is 2.86. The smallest absolute Gasteiger partial charge is 0.339 e. The van der Waals surface area contributed by atoms with Gasteiger partial charge in [-0.2, -0.15) is 0 Å². The van der Waals surface area contributed by atoms with Crippen molar-refractivity contribution >= 4 is 50.2 Å². The average molecular weight is 517 g/mol. The number of aromatic nitrogens is 1. The quantitative estimate of drug-likeness (QED) is 0.295. The molecule has 0 spiro atoms. The van der Waals surface area contributed by atoms with Crippen LogP contribution < -0.4 is 10.1 Å². The van der Waals surface area contributed by atoms with E-state index < -0.39 is 18.4 Å². The Hall–Kier alpha value is -4.04. The second kappa shape index (κ2) is 9.07. The van der Waals surface area contributed by atoms with Crippen LogP contribution in [-0.4, -0.2) is 35.9 Å². The molecular formula is C26H17BrN2O5. The molecule has 1 aliphatic rings. The summed E-state index contributed by atoms with van der Waals surface area (Å²) < 4.78 is 11.6. The molecule has 5 rings (SSSR count). The lowest BCUT2D eigenvalue weighted by molar-refractivity contribution is -0.118. The number of Topliss-reactive ketones (excluding diaryl/α,β-unsaturated/α-hetero) is 1. The summed E-state index contributed by atoms with van der Waals surface area (Å²) >= 11 is 3.42. The van der Waals surface area contributed by atoms with Crippen LogP contribution in [0.1, 0.15) is 20.7 Å². The molecule has 8 heteroatoms. The zero-order chi connectivity index (χ0) is 23.7. The third kappa shape index (κ3) is 4.40. The van der Waals surface area contributed by atoms with Crippen molar-refractivity contribution in [1.82, 2.24) is 4.98 Å². The molecule has 0 aliphatic carbocycles. The first kappa shape index (κ1) is 21.8. The highest BCUT2D eigenvalue weighted by molar-refractivity contribution is 9.10. The predicted molar refractivity (Wildman–Crippen MR) is 130 cm³/mol. The fraction of sp³-hybridized carbons (Fsp3) is 0.0769. The number of nitrogens with zero attached hydrogens (tertiary/aromatic N) is 1. The Labute approximate surface area is 202 Å². The van der Waals surface area contributed by atoms with Crippen LogP contribution in [0.25, 0.3) is 22.2 Å². The molecule has 0 unspecified atom stereocenters. The summed E-state index contributed by atoms with van der Waals surface area (Å²) in [5, 5.41) is 3.29. The predicted octanol–water partition coefficient (Wildman–Crippen LogP) is 5.03. The number of fused-ring (bicyclic) bond motifs is 2. The third-order valence-electron chi connectivity index (χ3n) is 5.34. The monoisotopic (exact) mass is 516 g/mol. The molecule has 34 heavy (non-hydrogen) atoms. The number of anilines is 1. The highest BCUT2D eigenvalue weighted by Crippen LogP contribution is 2.29. The molecule has 1 aromatic heterocycles. The molecule has 0 bridgehead atoms. The molecule has 0 atom stereocenters. The zero-order valence-corrected chi connectivity index (χ0v) is 19.3. The van der Waals surface area contributed by atoms with E-state index in [1.165, 1.54) is 6.07 Å². The molecule has 0 fully saturated rings. The van der Waals surface area contributed by atoms with Crippen LogP contribution in [0.5, 0.6) is 5.75 Å². The number of ether oxygens (including phenoxy) is 2. The van der Waals surface area contributed by atoms with Gasteiger partial charge in [-0.05, 0) is 42.5 Å². The molecule has 3 aromatic carbocycles. The molecule has 2 heterocycles. The normalized spacial score (nSPS) is 12.4. The summed E-state index contributed by atoms with van der Waals surface area (Å²) in [7, 11) is 0. The van der Waals surface area contributed by atoms with Crippen molar-refractivity contribution in [3.05, 3.63) is 88.4 Å². The highest BCUT2D eigenvalue weighted by atomic mass is 79.9. The summed E-state index contributed by atoms with van der Waals surface area (Å²) in [5.41, 5.74) is 3.14. The molecular weight excluding hydrogens is 500 g/mol. The van der Waals surface area contributed by atoms with Crippen molar-refractivity contribution < 1.29 is 23.9 Å². The van der Waals surface area contributed by atoms with Crippen molar-refractivity contribution in [2.24, 2.45) is 0 Å². The number of ketones is 1. The number of pyridine rings is 1. The van der Waals surface area contributed by atoms with Gasteiger partial charge in [-0.3, -0.25) is 9.59 Å². The van der Waals surface area contributed by atoms with E-state index in [0.29, 0.717) is 39.2 Å². The summed E-state index contributed by atoms with van der Waals surface area (Å²) in [6.45, 7) is -0.517. The number of carbonyl (C=O) groups excluding carboxylic acids is 3. The van der Waals surface area contributed by atoms with Crippen molar-refractivity contribution in [3.8, 4) is 17.0 Å². The number of nitrogens with one attached hydrogen (secondary N) is 1. The lowest BCUT2D eigenvalue weighted by Gasteiger charge is -2.18. The second-order valence-electron chi connectivity index (χ2n) is 7.63. The lowest BCUT2D eigenvalue weighted by atomic mass is 10.0. The summed E-state index contributed by atoms with van der Waals surface area (Å²) in [6.07, 6.45) is 0. The first-order chi connectivity index (χ1) is 16.5. The number of hydrogen-bond acceptors (Lipinski definition) is 6. The van der Waals surface area contributed by atoms with Gasteiger partial charge in [0.25, 0.3) is 5.91 Å². The first-order valence-corrected chi connectivity index (χ1v) is 11.2. The van der Waals surface area contributed by atoms with Gasteiger partial charge in [-0.25, -0.2) is 9.78 Å². The Morgan fingerprint density at radius 2 is 1.82 bits per heavy atom. The van der Waals surface area contributed by atoms with Gasteiger partial charge in [-0.15, -0.1) is 0 Å². The number of halogens is 1. The van der Waals surface area contributed by atoms with E-state index in [1.54, 1.807) is 24.3 Å². The van der Waals surface area contributed by atoms with E-state index in [2.05, 4.69) is 26.2 Å². The fourth-order valence-electron chi connectivity index (χ4n) is 3.66. The highest BCUT2D eigenvalue weighted by Gasteiger charge is 2.20. The molecule has 0 radical (unpaired) electrons. The Balaban J connectivity index is 1.39. The first-order valence-electron chi connectivity index (χ1n) is 10.4. The van der Waals surface area contributed by atoms with Gasteiger partial charge in [0.1, 0.15) is 5.75 Å². The number of benzene rings is 3. The van der Waals surface area contributed by atoms with E-state index in [-0.39, 0.29) is 12.5 Å². The number of para-hydroxylation sites is 1. The van der Waals surface area contributed by atoms with Crippen LogP contribution in [0.4, 0.5) is 5.69 Å². The van der Waals surface area contributed by atoms with E-state index >= 15 is 0 Å². The van der Waals surface area contributed by atoms with Crippen molar-refractivity contribution in [2.45, 2.75) is 0 Å². The number of rotatable bonds is 5. The molecule has 168 valence electrons. The minimum Gasteiger partial charge on any atom is -0.482 e.